The van der Waals surface area contributed by atoms with E-state index in [4.69, 9.17) is 11.6 Å². The van der Waals surface area contributed by atoms with Crippen molar-refractivity contribution in [3.05, 3.63) is 33.3 Å². The van der Waals surface area contributed by atoms with E-state index >= 15 is 0 Å². The Morgan fingerprint density at radius 1 is 1.50 bits per heavy atom. The van der Waals surface area contributed by atoms with Crippen LogP contribution in [-0.2, 0) is 6.54 Å². The van der Waals surface area contributed by atoms with Crippen LogP contribution in [0.5, 0.6) is 0 Å². The molecule has 2 nitrogen and oxygen atoms in total. The maximum Gasteiger partial charge on any atom is 0.0462 e. The van der Waals surface area contributed by atoms with Crippen molar-refractivity contribution in [3.63, 3.8) is 0 Å². The Morgan fingerprint density at radius 2 is 2.28 bits per heavy atom. The zero-order valence-electron chi connectivity index (χ0n) is 10.9. The van der Waals surface area contributed by atoms with Crippen LogP contribution in [0.1, 0.15) is 18.9 Å². The Morgan fingerprint density at radius 3 is 2.94 bits per heavy atom. The van der Waals surface area contributed by atoms with Crippen molar-refractivity contribution in [1.29, 1.82) is 0 Å². The van der Waals surface area contributed by atoms with Gasteiger partial charge in [0.15, 0.2) is 0 Å². The first kappa shape index (κ1) is 14.3. The third-order valence-corrected chi connectivity index (χ3v) is 4.52. The van der Waals surface area contributed by atoms with Crippen LogP contribution in [0, 0.1) is 5.92 Å². The fourth-order valence-electron chi connectivity index (χ4n) is 2.56. The van der Waals surface area contributed by atoms with Gasteiger partial charge in [-0.2, -0.15) is 0 Å². The van der Waals surface area contributed by atoms with Gasteiger partial charge in [0.2, 0.25) is 0 Å². The summed E-state index contributed by atoms with van der Waals surface area (Å²) in [5.41, 5.74) is 1.17. The molecule has 0 spiro atoms. The molecule has 0 amide bonds. The summed E-state index contributed by atoms with van der Waals surface area (Å²) in [6.07, 6.45) is 1.21. The molecule has 0 aromatic heterocycles. The van der Waals surface area contributed by atoms with Gasteiger partial charge in [-0.3, -0.25) is 0 Å². The lowest BCUT2D eigenvalue weighted by Gasteiger charge is -2.35. The summed E-state index contributed by atoms with van der Waals surface area (Å²) >= 11 is 9.66. The molecular weight excluding hydrogens is 312 g/mol. The summed E-state index contributed by atoms with van der Waals surface area (Å²) in [7, 11) is 2.19. The second-order valence-electron chi connectivity index (χ2n) is 5.25. The van der Waals surface area contributed by atoms with E-state index in [9.17, 15) is 0 Å². The van der Waals surface area contributed by atoms with E-state index in [2.05, 4.69) is 46.2 Å². The number of nitrogens with one attached hydrogen (secondary N) is 1. The van der Waals surface area contributed by atoms with Crippen molar-refractivity contribution in [3.8, 4) is 0 Å². The van der Waals surface area contributed by atoms with Crippen LogP contribution in [-0.4, -0.2) is 31.1 Å². The van der Waals surface area contributed by atoms with Gasteiger partial charge in [0.25, 0.3) is 0 Å². The van der Waals surface area contributed by atoms with E-state index in [1.165, 1.54) is 25.1 Å². The van der Waals surface area contributed by atoms with Gasteiger partial charge in [-0.15, -0.1) is 0 Å². The minimum Gasteiger partial charge on any atom is -0.310 e. The lowest BCUT2D eigenvalue weighted by Crippen LogP contribution is -2.46. The molecule has 0 saturated carbocycles. The van der Waals surface area contributed by atoms with Crippen LogP contribution in [0.3, 0.4) is 0 Å². The summed E-state index contributed by atoms with van der Waals surface area (Å²) in [4.78, 5) is 2.40. The minimum atomic E-state index is 0.598. The Bertz CT molecular complexity index is 411. The molecule has 0 bridgehead atoms. The molecule has 4 heteroatoms. The van der Waals surface area contributed by atoms with Crippen molar-refractivity contribution in [2.45, 2.75) is 25.9 Å². The second-order valence-corrected chi connectivity index (χ2v) is 6.57. The summed E-state index contributed by atoms with van der Waals surface area (Å²) in [6, 6.07) is 6.68. The number of rotatable bonds is 3. The van der Waals surface area contributed by atoms with Gasteiger partial charge in [-0.25, -0.2) is 0 Å². The lowest BCUT2D eigenvalue weighted by molar-refractivity contribution is 0.174. The predicted molar refractivity (Wildman–Crippen MR) is 81.1 cm³/mol. The molecule has 2 rings (SSSR count). The van der Waals surface area contributed by atoms with Crippen LogP contribution < -0.4 is 5.32 Å². The number of halogens is 2. The highest BCUT2D eigenvalue weighted by Gasteiger charge is 2.23. The third kappa shape index (κ3) is 3.70. The summed E-state index contributed by atoms with van der Waals surface area (Å²) in [6.45, 7) is 5.52. The number of hydrogen-bond donors (Lipinski definition) is 1. The molecule has 1 saturated heterocycles. The first-order valence-corrected chi connectivity index (χ1v) is 7.59. The van der Waals surface area contributed by atoms with E-state index in [0.717, 1.165) is 16.0 Å². The highest BCUT2D eigenvalue weighted by Crippen LogP contribution is 2.22. The largest absolute Gasteiger partial charge is 0.310 e. The SMILES string of the molecule is CC1CN(C)CCC1NCc1ccc(Br)cc1Cl. The van der Waals surface area contributed by atoms with Gasteiger partial charge in [0.05, 0.1) is 0 Å². The Balaban J connectivity index is 1.91. The van der Waals surface area contributed by atoms with Crippen molar-refractivity contribution >= 4 is 27.5 Å². The van der Waals surface area contributed by atoms with Crippen LogP contribution in [0.15, 0.2) is 22.7 Å². The summed E-state index contributed by atoms with van der Waals surface area (Å²) in [5.74, 6) is 0.693. The van der Waals surface area contributed by atoms with Gasteiger partial charge in [-0.05, 0) is 43.6 Å². The first-order valence-electron chi connectivity index (χ1n) is 6.42. The maximum atomic E-state index is 6.23. The molecule has 1 aromatic carbocycles. The molecule has 1 N–H and O–H groups in total. The zero-order chi connectivity index (χ0) is 13.1. The van der Waals surface area contributed by atoms with Gasteiger partial charge < -0.3 is 10.2 Å². The molecule has 100 valence electrons. The zero-order valence-corrected chi connectivity index (χ0v) is 13.3. The quantitative estimate of drug-likeness (QED) is 0.911. The van der Waals surface area contributed by atoms with Gasteiger partial charge >= 0.3 is 0 Å². The molecule has 1 fully saturated rings. The number of likely N-dealkylation sites (tertiary alicyclic amines) is 1. The molecule has 2 atom stereocenters. The number of benzene rings is 1. The molecule has 1 aliphatic heterocycles. The van der Waals surface area contributed by atoms with Crippen LogP contribution in [0.2, 0.25) is 5.02 Å². The van der Waals surface area contributed by atoms with E-state index in [1.807, 2.05) is 12.1 Å². The Labute approximate surface area is 123 Å². The number of piperidine rings is 1. The molecule has 1 aliphatic rings. The van der Waals surface area contributed by atoms with Crippen LogP contribution in [0.25, 0.3) is 0 Å². The van der Waals surface area contributed by atoms with Crippen molar-refractivity contribution < 1.29 is 0 Å². The number of nitrogens with zero attached hydrogens (tertiary/aromatic N) is 1. The molecule has 1 heterocycles. The van der Waals surface area contributed by atoms with Crippen molar-refractivity contribution in [1.82, 2.24) is 10.2 Å². The van der Waals surface area contributed by atoms with Crippen molar-refractivity contribution in [2.24, 2.45) is 5.92 Å². The summed E-state index contributed by atoms with van der Waals surface area (Å²) < 4.78 is 1.03. The monoisotopic (exact) mass is 330 g/mol. The molecule has 0 radical (unpaired) electrons. The van der Waals surface area contributed by atoms with E-state index in [1.54, 1.807) is 0 Å². The van der Waals surface area contributed by atoms with Gasteiger partial charge in [0, 0.05) is 28.6 Å². The van der Waals surface area contributed by atoms with E-state index in [0.29, 0.717) is 12.0 Å². The third-order valence-electron chi connectivity index (χ3n) is 3.68. The fourth-order valence-corrected chi connectivity index (χ4v) is 3.30. The smallest absolute Gasteiger partial charge is 0.0462 e. The average Bonchev–Trinajstić information content (AvgIpc) is 2.30. The fraction of sp³-hybridized carbons (Fsp3) is 0.571. The van der Waals surface area contributed by atoms with Crippen LogP contribution >= 0.6 is 27.5 Å². The standard InChI is InChI=1S/C14H20BrClN2/c1-10-9-18(2)6-5-14(10)17-8-11-3-4-12(15)7-13(11)16/h3-4,7,10,14,17H,5-6,8-9H2,1-2H3. The lowest BCUT2D eigenvalue weighted by atomic mass is 9.94. The highest BCUT2D eigenvalue weighted by molar-refractivity contribution is 9.10. The first-order chi connectivity index (χ1) is 8.56. The molecule has 0 aliphatic carbocycles. The second kappa shape index (κ2) is 6.38. The number of hydrogen-bond acceptors (Lipinski definition) is 2. The van der Waals surface area contributed by atoms with E-state index < -0.39 is 0 Å². The maximum absolute atomic E-state index is 6.23. The van der Waals surface area contributed by atoms with E-state index in [-0.39, 0.29) is 0 Å². The summed E-state index contributed by atoms with van der Waals surface area (Å²) in [5, 5.41) is 4.47. The minimum absolute atomic E-state index is 0.598. The molecule has 2 unspecified atom stereocenters. The topological polar surface area (TPSA) is 15.3 Å². The molecular formula is C14H20BrClN2. The Kier molecular flexibility index (Phi) is 5.07. The molecule has 1 aromatic rings. The average molecular weight is 332 g/mol. The van der Waals surface area contributed by atoms with Crippen molar-refractivity contribution in [2.75, 3.05) is 20.1 Å². The molecule has 18 heavy (non-hydrogen) atoms. The van der Waals surface area contributed by atoms with Gasteiger partial charge in [-0.1, -0.05) is 40.5 Å². The predicted octanol–water partition coefficient (Wildman–Crippen LogP) is 3.53. The van der Waals surface area contributed by atoms with Gasteiger partial charge in [0.1, 0.15) is 0 Å². The normalized spacial score (nSPS) is 25.3. The van der Waals surface area contributed by atoms with Crippen LogP contribution in [0.4, 0.5) is 0 Å². The Hall–Kier alpha value is -0.0900. The highest BCUT2D eigenvalue weighted by atomic mass is 79.9.